The summed E-state index contributed by atoms with van der Waals surface area (Å²) >= 11 is 6.14. The number of ether oxygens (including phenoxy) is 2. The first-order valence-corrected chi connectivity index (χ1v) is 7.12. The molecule has 0 aliphatic heterocycles. The van der Waals surface area contributed by atoms with E-state index in [1.54, 1.807) is 19.1 Å². The number of imide groups is 1. The molecule has 0 saturated carbocycles. The molecule has 7 nitrogen and oxygen atoms in total. The first-order valence-electron chi connectivity index (χ1n) is 6.74. The summed E-state index contributed by atoms with van der Waals surface area (Å²) in [5.41, 5.74) is 4.90. The second-order valence-corrected chi connectivity index (χ2v) is 4.58. The zero-order valence-corrected chi connectivity index (χ0v) is 13.4. The highest BCUT2D eigenvalue weighted by molar-refractivity contribution is 6.32. The number of nitrogens with one attached hydrogen (secondary N) is 1. The monoisotopic (exact) mass is 337 g/mol. The lowest BCUT2D eigenvalue weighted by atomic mass is 10.1. The van der Waals surface area contributed by atoms with Crippen LogP contribution >= 0.6 is 11.6 Å². The highest BCUT2D eigenvalue weighted by atomic mass is 35.5. The Morgan fingerprint density at radius 2 is 1.87 bits per heavy atom. The first-order chi connectivity index (χ1) is 10.9. The third-order valence-corrected chi connectivity index (χ3v) is 2.89. The van der Waals surface area contributed by atoms with Gasteiger partial charge in [0.1, 0.15) is 11.6 Å². The molecule has 0 radical (unpaired) electrons. The largest absolute Gasteiger partial charge is 0.490 e. The van der Waals surface area contributed by atoms with Crippen molar-refractivity contribution >= 4 is 29.6 Å². The van der Waals surface area contributed by atoms with Gasteiger partial charge in [-0.05, 0) is 31.6 Å². The van der Waals surface area contributed by atoms with E-state index in [9.17, 15) is 9.59 Å². The van der Waals surface area contributed by atoms with E-state index in [0.717, 1.165) is 0 Å². The summed E-state index contributed by atoms with van der Waals surface area (Å²) in [5.74, 6) is -0.0305. The van der Waals surface area contributed by atoms with E-state index in [-0.39, 0.29) is 10.6 Å². The van der Waals surface area contributed by atoms with Crippen LogP contribution in [0.2, 0.25) is 5.02 Å². The van der Waals surface area contributed by atoms with E-state index in [1.807, 2.05) is 12.2 Å². The topological polar surface area (TPSA) is 114 Å². The van der Waals surface area contributed by atoms with E-state index >= 15 is 0 Å². The van der Waals surface area contributed by atoms with Gasteiger partial charge >= 0.3 is 6.03 Å². The average molecular weight is 338 g/mol. The van der Waals surface area contributed by atoms with Crippen molar-refractivity contribution in [3.05, 3.63) is 28.3 Å². The first kappa shape index (κ1) is 18.3. The minimum atomic E-state index is -1.05. The van der Waals surface area contributed by atoms with Crippen molar-refractivity contribution in [2.24, 2.45) is 5.73 Å². The molecule has 0 heterocycles. The van der Waals surface area contributed by atoms with Crippen molar-refractivity contribution in [3.8, 4) is 17.6 Å². The van der Waals surface area contributed by atoms with Crippen molar-refractivity contribution in [1.82, 2.24) is 5.32 Å². The lowest BCUT2D eigenvalue weighted by Crippen LogP contribution is -2.35. The third-order valence-electron chi connectivity index (χ3n) is 2.56. The van der Waals surface area contributed by atoms with Gasteiger partial charge in [0, 0.05) is 6.07 Å². The van der Waals surface area contributed by atoms with Crippen molar-refractivity contribution < 1.29 is 19.1 Å². The molecule has 0 aliphatic rings. The molecule has 1 aromatic rings. The standard InChI is InChI=1S/C15H16ClN3O4/c1-3-22-12-6-9(11(16)7-13(12)23-4-2)5-10(8-17)14(20)19-15(18)21/h5-7H,3-4H2,1-2H3,(H3,18,19,20,21)/b10-5-. The molecule has 8 heteroatoms. The van der Waals surface area contributed by atoms with Gasteiger partial charge in [-0.1, -0.05) is 11.6 Å². The third kappa shape index (κ3) is 5.20. The minimum Gasteiger partial charge on any atom is -0.490 e. The van der Waals surface area contributed by atoms with Crippen LogP contribution in [-0.2, 0) is 4.79 Å². The van der Waals surface area contributed by atoms with E-state index in [0.29, 0.717) is 30.3 Å². The molecule has 0 unspecified atom stereocenters. The fraction of sp³-hybridized carbons (Fsp3) is 0.267. The molecule has 3 amide bonds. The second kappa shape index (κ2) is 8.66. The zero-order chi connectivity index (χ0) is 17.4. The highest BCUT2D eigenvalue weighted by Gasteiger charge is 2.14. The number of rotatable bonds is 6. The molecule has 0 spiro atoms. The lowest BCUT2D eigenvalue weighted by Gasteiger charge is -2.13. The van der Waals surface area contributed by atoms with Crippen LogP contribution < -0.4 is 20.5 Å². The number of amides is 3. The molecular formula is C15H16ClN3O4. The van der Waals surface area contributed by atoms with Gasteiger partial charge in [-0.25, -0.2) is 4.79 Å². The van der Waals surface area contributed by atoms with Crippen molar-refractivity contribution in [1.29, 1.82) is 5.26 Å². The van der Waals surface area contributed by atoms with Gasteiger partial charge in [0.25, 0.3) is 5.91 Å². The zero-order valence-electron chi connectivity index (χ0n) is 12.7. The number of carbonyl (C=O) groups excluding carboxylic acids is 2. The maximum Gasteiger partial charge on any atom is 0.319 e. The molecule has 1 rings (SSSR count). The summed E-state index contributed by atoms with van der Waals surface area (Å²) in [7, 11) is 0. The number of carbonyl (C=O) groups is 2. The van der Waals surface area contributed by atoms with Gasteiger partial charge in [-0.3, -0.25) is 10.1 Å². The van der Waals surface area contributed by atoms with Crippen LogP contribution in [0.4, 0.5) is 4.79 Å². The van der Waals surface area contributed by atoms with E-state index in [2.05, 4.69) is 0 Å². The SMILES string of the molecule is CCOc1cc(Cl)c(/C=C(/C#N)C(=O)NC(N)=O)cc1OCC. The number of hydrogen-bond donors (Lipinski definition) is 2. The maximum atomic E-state index is 11.7. The Labute approximate surface area is 138 Å². The molecule has 0 saturated heterocycles. The van der Waals surface area contributed by atoms with Crippen LogP contribution in [0.1, 0.15) is 19.4 Å². The van der Waals surface area contributed by atoms with Gasteiger partial charge in [-0.15, -0.1) is 0 Å². The fourth-order valence-electron chi connectivity index (χ4n) is 1.68. The predicted molar refractivity (Wildman–Crippen MR) is 85.1 cm³/mol. The summed E-state index contributed by atoms with van der Waals surface area (Å²) in [4.78, 5) is 22.4. The smallest absolute Gasteiger partial charge is 0.319 e. The number of halogens is 1. The molecule has 23 heavy (non-hydrogen) atoms. The molecule has 3 N–H and O–H groups in total. The van der Waals surface area contributed by atoms with Gasteiger partial charge in [0.15, 0.2) is 11.5 Å². The van der Waals surface area contributed by atoms with Crippen LogP contribution in [0, 0.1) is 11.3 Å². The number of primary amides is 1. The Morgan fingerprint density at radius 1 is 1.30 bits per heavy atom. The van der Waals surface area contributed by atoms with Gasteiger partial charge in [0.2, 0.25) is 0 Å². The number of nitrogens with two attached hydrogens (primary N) is 1. The number of benzene rings is 1. The van der Waals surface area contributed by atoms with E-state index in [1.165, 1.54) is 12.1 Å². The quantitative estimate of drug-likeness (QED) is 0.610. The lowest BCUT2D eigenvalue weighted by molar-refractivity contribution is -0.115. The number of nitriles is 1. The summed E-state index contributed by atoms with van der Waals surface area (Å²) in [6.07, 6.45) is 1.23. The molecule has 0 bridgehead atoms. The van der Waals surface area contributed by atoms with Crippen LogP contribution in [0.5, 0.6) is 11.5 Å². The van der Waals surface area contributed by atoms with Crippen molar-refractivity contribution in [3.63, 3.8) is 0 Å². The van der Waals surface area contributed by atoms with Crippen molar-refractivity contribution in [2.75, 3.05) is 13.2 Å². The summed E-state index contributed by atoms with van der Waals surface area (Å²) in [6, 6.07) is 3.71. The molecule has 0 aliphatic carbocycles. The van der Waals surface area contributed by atoms with Gasteiger partial charge < -0.3 is 15.2 Å². The Morgan fingerprint density at radius 3 is 2.35 bits per heavy atom. The molecule has 0 fully saturated rings. The normalized spacial score (nSPS) is 10.6. The Balaban J connectivity index is 3.27. The van der Waals surface area contributed by atoms with Gasteiger partial charge in [-0.2, -0.15) is 5.26 Å². The molecule has 0 aromatic heterocycles. The van der Waals surface area contributed by atoms with Crippen LogP contribution in [0.3, 0.4) is 0 Å². The summed E-state index contributed by atoms with van der Waals surface area (Å²) < 4.78 is 10.9. The molecule has 1 aromatic carbocycles. The molecule has 122 valence electrons. The molecule has 0 atom stereocenters. The Bertz CT molecular complexity index is 680. The van der Waals surface area contributed by atoms with Crippen LogP contribution in [0.25, 0.3) is 6.08 Å². The molecular weight excluding hydrogens is 322 g/mol. The van der Waals surface area contributed by atoms with E-state index in [4.69, 9.17) is 32.1 Å². The van der Waals surface area contributed by atoms with E-state index < -0.39 is 11.9 Å². The van der Waals surface area contributed by atoms with Crippen LogP contribution in [0.15, 0.2) is 17.7 Å². The average Bonchev–Trinajstić information content (AvgIpc) is 2.48. The fourth-order valence-corrected chi connectivity index (χ4v) is 1.89. The van der Waals surface area contributed by atoms with Crippen LogP contribution in [-0.4, -0.2) is 25.2 Å². The predicted octanol–water partition coefficient (Wildman–Crippen LogP) is 2.24. The minimum absolute atomic E-state index is 0.261. The van der Waals surface area contributed by atoms with Gasteiger partial charge in [0.05, 0.1) is 18.2 Å². The Hall–Kier alpha value is -2.72. The summed E-state index contributed by atoms with van der Waals surface area (Å²) in [5, 5.41) is 11.1. The van der Waals surface area contributed by atoms with Crippen molar-refractivity contribution in [2.45, 2.75) is 13.8 Å². The Kier molecular flexibility index (Phi) is 6.90. The second-order valence-electron chi connectivity index (χ2n) is 4.17. The number of nitrogens with zero attached hydrogens (tertiary/aromatic N) is 1. The highest BCUT2D eigenvalue weighted by Crippen LogP contribution is 2.34. The number of hydrogen-bond acceptors (Lipinski definition) is 5. The number of urea groups is 1. The maximum absolute atomic E-state index is 11.7. The summed E-state index contributed by atoms with van der Waals surface area (Å²) in [6.45, 7) is 4.45.